The third-order valence-electron chi connectivity index (χ3n) is 6.35. The number of fused-ring (bicyclic) bond motifs is 1. The van der Waals surface area contributed by atoms with Crippen LogP contribution in [0, 0.1) is 5.41 Å². The van der Waals surface area contributed by atoms with Crippen LogP contribution >= 0.6 is 11.6 Å². The Bertz CT molecular complexity index is 1170. The molecule has 1 aliphatic heterocycles. The highest BCUT2D eigenvalue weighted by Crippen LogP contribution is 2.42. The van der Waals surface area contributed by atoms with Crippen LogP contribution < -0.4 is 4.90 Å². The lowest BCUT2D eigenvalue weighted by atomic mass is 9.91. The molecule has 1 atom stereocenters. The van der Waals surface area contributed by atoms with E-state index >= 15 is 0 Å². The molecule has 0 fully saturated rings. The first-order valence-corrected chi connectivity index (χ1v) is 12.5. The smallest absolute Gasteiger partial charge is 0.364 e. The first-order chi connectivity index (χ1) is 17.4. The Labute approximate surface area is 224 Å². The van der Waals surface area contributed by atoms with E-state index in [4.69, 9.17) is 11.6 Å². The van der Waals surface area contributed by atoms with Crippen molar-refractivity contribution in [2.75, 3.05) is 11.4 Å². The number of carbonyl (C=O) groups is 1. The van der Waals surface area contributed by atoms with Gasteiger partial charge in [0.1, 0.15) is 0 Å². The van der Waals surface area contributed by atoms with Gasteiger partial charge in [-0.05, 0) is 66.6 Å². The van der Waals surface area contributed by atoms with Gasteiger partial charge in [0.05, 0.1) is 22.9 Å². The molecule has 0 spiro atoms. The van der Waals surface area contributed by atoms with Gasteiger partial charge in [0.2, 0.25) is 5.91 Å². The Morgan fingerprint density at radius 3 is 2.11 bits per heavy atom. The average Bonchev–Trinajstić information content (AvgIpc) is 2.94. The molecule has 0 N–H and O–H groups in total. The maximum absolute atomic E-state index is 13.5. The zero-order valence-electron chi connectivity index (χ0n) is 21.7. The molecular weight excluding hydrogens is 530 g/mol. The van der Waals surface area contributed by atoms with Gasteiger partial charge in [0.15, 0.2) is 0 Å². The first kappa shape index (κ1) is 29.9. The van der Waals surface area contributed by atoms with Crippen LogP contribution in [0.25, 0.3) is 0 Å². The Morgan fingerprint density at radius 1 is 1.03 bits per heavy atom. The fourth-order valence-electron chi connectivity index (χ4n) is 4.70. The molecule has 0 aliphatic carbocycles. The van der Waals surface area contributed by atoms with Crippen LogP contribution in [0.3, 0.4) is 0 Å². The quantitative estimate of drug-likeness (QED) is 0.341. The summed E-state index contributed by atoms with van der Waals surface area (Å²) >= 11 is 6.29. The van der Waals surface area contributed by atoms with Crippen molar-refractivity contribution in [3.8, 4) is 0 Å². The minimum Gasteiger partial charge on any atom is -0.364 e. The summed E-state index contributed by atoms with van der Waals surface area (Å²) in [6.45, 7) is 11.7. The molecule has 0 saturated heterocycles. The van der Waals surface area contributed by atoms with E-state index in [1.165, 1.54) is 0 Å². The molecule has 38 heavy (non-hydrogen) atoms. The fraction of sp³-hybridized carbons (Fsp3) is 0.464. The van der Waals surface area contributed by atoms with E-state index in [1.54, 1.807) is 34.9 Å². The first-order valence-electron chi connectivity index (χ1n) is 12.2. The SMILES string of the molecule is C=C(C)N(Cc1cc(C(F)(F)F)cc(C(F)(F)F)c1)C1CCCN(C(=O)CC(C)(C)C)c2cc(Cl)ccc21. The summed E-state index contributed by atoms with van der Waals surface area (Å²) < 4.78 is 80.8. The van der Waals surface area contributed by atoms with E-state index < -0.39 is 29.5 Å². The number of benzene rings is 2. The highest BCUT2D eigenvalue weighted by atomic mass is 35.5. The fourth-order valence-corrected chi connectivity index (χ4v) is 4.87. The third kappa shape index (κ3) is 7.24. The van der Waals surface area contributed by atoms with Crippen LogP contribution in [0.2, 0.25) is 5.02 Å². The summed E-state index contributed by atoms with van der Waals surface area (Å²) in [5.41, 5.74) is -1.37. The van der Waals surface area contributed by atoms with Crippen molar-refractivity contribution in [3.05, 3.63) is 76.0 Å². The molecular formula is C28H31ClF6N2O. The van der Waals surface area contributed by atoms with Gasteiger partial charge in [-0.2, -0.15) is 26.3 Å². The molecule has 0 radical (unpaired) electrons. The largest absolute Gasteiger partial charge is 0.416 e. The summed E-state index contributed by atoms with van der Waals surface area (Å²) in [6, 6.07) is 6.25. The van der Waals surface area contributed by atoms with Crippen molar-refractivity contribution < 1.29 is 31.1 Å². The number of alkyl halides is 6. The normalized spacial score (nSPS) is 16.6. The Hall–Kier alpha value is -2.68. The van der Waals surface area contributed by atoms with Gasteiger partial charge in [-0.1, -0.05) is 45.0 Å². The summed E-state index contributed by atoms with van der Waals surface area (Å²) in [5.74, 6) is -0.0868. The second-order valence-electron chi connectivity index (χ2n) is 10.9. The molecule has 0 aromatic heterocycles. The van der Waals surface area contributed by atoms with Crippen molar-refractivity contribution in [2.45, 2.75) is 71.9 Å². The summed E-state index contributed by atoms with van der Waals surface area (Å²) in [5, 5.41) is 0.410. The van der Waals surface area contributed by atoms with Gasteiger partial charge in [-0.15, -0.1) is 0 Å². The Balaban J connectivity index is 2.08. The van der Waals surface area contributed by atoms with E-state index in [9.17, 15) is 31.1 Å². The standard InChI is InChI=1S/C28H31ClF6N2O/c1-17(2)37(16-18-11-19(27(30,31)32)13-20(12-18)28(33,34)35)23-7-6-10-36(25(38)15-26(3,4)5)24-14-21(29)8-9-22(23)24/h8-9,11-14,23H,1,6-7,10,15-16H2,2-5H3. The molecule has 1 unspecified atom stereocenters. The summed E-state index contributed by atoms with van der Waals surface area (Å²) in [6.07, 6.45) is -8.52. The number of rotatable bonds is 5. The van der Waals surface area contributed by atoms with Crippen LogP contribution in [0.5, 0.6) is 0 Å². The molecule has 3 rings (SSSR count). The molecule has 0 saturated carbocycles. The van der Waals surface area contributed by atoms with Crippen LogP contribution in [0.4, 0.5) is 32.0 Å². The van der Waals surface area contributed by atoms with E-state index in [0.29, 0.717) is 41.4 Å². The molecule has 1 amide bonds. The molecule has 2 aromatic carbocycles. The molecule has 10 heteroatoms. The zero-order chi connectivity index (χ0) is 28.6. The molecule has 1 aliphatic rings. The van der Waals surface area contributed by atoms with Crippen molar-refractivity contribution in [2.24, 2.45) is 5.41 Å². The molecule has 208 valence electrons. The van der Waals surface area contributed by atoms with Crippen molar-refractivity contribution in [1.29, 1.82) is 0 Å². The van der Waals surface area contributed by atoms with Gasteiger partial charge in [-0.3, -0.25) is 4.79 Å². The zero-order valence-corrected chi connectivity index (χ0v) is 22.5. The van der Waals surface area contributed by atoms with Gasteiger partial charge < -0.3 is 9.80 Å². The topological polar surface area (TPSA) is 23.6 Å². The summed E-state index contributed by atoms with van der Waals surface area (Å²) in [7, 11) is 0. The maximum atomic E-state index is 13.5. The molecule has 0 bridgehead atoms. The van der Waals surface area contributed by atoms with E-state index in [1.807, 2.05) is 20.8 Å². The Kier molecular flexibility index (Phi) is 8.51. The molecule has 3 nitrogen and oxygen atoms in total. The van der Waals surface area contributed by atoms with Gasteiger partial charge in [-0.25, -0.2) is 0 Å². The molecule has 1 heterocycles. The van der Waals surface area contributed by atoms with E-state index in [2.05, 4.69) is 6.58 Å². The summed E-state index contributed by atoms with van der Waals surface area (Å²) in [4.78, 5) is 16.6. The van der Waals surface area contributed by atoms with Crippen molar-refractivity contribution in [1.82, 2.24) is 4.90 Å². The number of carbonyl (C=O) groups excluding carboxylic acids is 1. The van der Waals surface area contributed by atoms with E-state index in [-0.39, 0.29) is 35.9 Å². The maximum Gasteiger partial charge on any atom is 0.416 e. The number of hydrogen-bond donors (Lipinski definition) is 0. The monoisotopic (exact) mass is 560 g/mol. The average molecular weight is 561 g/mol. The predicted octanol–water partition coefficient (Wildman–Crippen LogP) is 9.02. The van der Waals surface area contributed by atoms with Gasteiger partial charge in [0.25, 0.3) is 0 Å². The lowest BCUT2D eigenvalue weighted by Gasteiger charge is -2.35. The van der Waals surface area contributed by atoms with Crippen LogP contribution in [-0.2, 0) is 23.7 Å². The highest BCUT2D eigenvalue weighted by molar-refractivity contribution is 6.31. The minimum atomic E-state index is -4.94. The number of hydrogen-bond acceptors (Lipinski definition) is 2. The van der Waals surface area contributed by atoms with Crippen molar-refractivity contribution in [3.63, 3.8) is 0 Å². The van der Waals surface area contributed by atoms with E-state index in [0.717, 1.165) is 12.1 Å². The highest BCUT2D eigenvalue weighted by Gasteiger charge is 2.38. The second kappa shape index (κ2) is 10.8. The minimum absolute atomic E-state index is 0.0868. The number of amides is 1. The second-order valence-corrected chi connectivity index (χ2v) is 11.4. The number of halogens is 7. The van der Waals surface area contributed by atoms with Crippen LogP contribution in [0.1, 0.15) is 75.3 Å². The van der Waals surface area contributed by atoms with Gasteiger partial charge >= 0.3 is 12.4 Å². The van der Waals surface area contributed by atoms with Gasteiger partial charge in [0, 0.05) is 30.2 Å². The lowest BCUT2D eigenvalue weighted by molar-refractivity contribution is -0.143. The number of nitrogens with zero attached hydrogens (tertiary/aromatic N) is 2. The molecule has 2 aromatic rings. The number of anilines is 1. The van der Waals surface area contributed by atoms with Crippen LogP contribution in [-0.4, -0.2) is 17.4 Å². The third-order valence-corrected chi connectivity index (χ3v) is 6.59. The number of allylic oxidation sites excluding steroid dienone is 1. The Morgan fingerprint density at radius 2 is 1.61 bits per heavy atom. The van der Waals surface area contributed by atoms with Crippen LogP contribution in [0.15, 0.2) is 48.7 Å². The predicted molar refractivity (Wildman–Crippen MR) is 137 cm³/mol. The lowest BCUT2D eigenvalue weighted by Crippen LogP contribution is -2.34. The van der Waals surface area contributed by atoms with Crippen molar-refractivity contribution >= 4 is 23.2 Å².